The molecule has 0 saturated heterocycles. The fourth-order valence-electron chi connectivity index (χ4n) is 3.72. The van der Waals surface area contributed by atoms with E-state index in [0.717, 1.165) is 58.3 Å². The number of aliphatic carboxylic acids is 1. The van der Waals surface area contributed by atoms with Crippen molar-refractivity contribution in [3.63, 3.8) is 0 Å². The predicted molar refractivity (Wildman–Crippen MR) is 129 cm³/mol. The van der Waals surface area contributed by atoms with Crippen LogP contribution in [0.5, 0.6) is 0 Å². The predicted octanol–water partition coefficient (Wildman–Crippen LogP) is 4.93. The molecule has 9 heteroatoms. The third kappa shape index (κ3) is 5.14. The minimum absolute atomic E-state index is 0.235. The molecular weight excluding hydrogens is 474 g/mol. The molecule has 0 aliphatic heterocycles. The lowest BCUT2D eigenvalue weighted by atomic mass is 9.90. The molecule has 0 atom stereocenters. The fourth-order valence-corrected chi connectivity index (χ4v) is 4.69. The highest BCUT2D eigenvalue weighted by Crippen LogP contribution is 2.39. The number of methoxy groups -OCH3 is 1. The molecule has 1 heterocycles. The third-order valence-corrected chi connectivity index (χ3v) is 6.46. The molecule has 0 saturated carbocycles. The summed E-state index contributed by atoms with van der Waals surface area (Å²) in [6, 6.07) is 7.54. The second-order valence-electron chi connectivity index (χ2n) is 7.80. The Labute approximate surface area is 204 Å². The first-order valence-electron chi connectivity index (χ1n) is 10.6. The Morgan fingerprint density at radius 1 is 1.26 bits per heavy atom. The van der Waals surface area contributed by atoms with Gasteiger partial charge in [-0.15, -0.1) is 11.3 Å². The van der Waals surface area contributed by atoms with Gasteiger partial charge in [-0.3, -0.25) is 10.1 Å². The van der Waals surface area contributed by atoms with Crippen LogP contribution >= 0.6 is 11.3 Å². The first kappa shape index (κ1) is 24.3. The van der Waals surface area contributed by atoms with Crippen molar-refractivity contribution < 1.29 is 28.2 Å². The van der Waals surface area contributed by atoms with E-state index in [0.29, 0.717) is 11.7 Å². The molecule has 1 amide bonds. The zero-order chi connectivity index (χ0) is 25.1. The first-order chi connectivity index (χ1) is 16.8. The van der Waals surface area contributed by atoms with Gasteiger partial charge in [-0.05, 0) is 49.6 Å². The highest BCUT2D eigenvalue weighted by Gasteiger charge is 2.24. The molecule has 0 unspecified atom stereocenters. The lowest BCUT2D eigenvalue weighted by Crippen LogP contribution is -2.13. The zero-order valence-corrected chi connectivity index (χ0v) is 19.7. The van der Waals surface area contributed by atoms with E-state index in [4.69, 9.17) is 9.84 Å². The van der Waals surface area contributed by atoms with Crippen LogP contribution in [0.3, 0.4) is 0 Å². The highest BCUT2D eigenvalue weighted by molar-refractivity contribution is 7.16. The van der Waals surface area contributed by atoms with Crippen molar-refractivity contribution in [2.45, 2.75) is 19.8 Å². The SMILES string of the molecule is COCC#Cc1cccc2c1CCc1sc(NC(=O)c3cc(F)c(C=C(C)C(=O)O)c(F)c3)nc1-2. The largest absolute Gasteiger partial charge is 0.478 e. The molecule has 2 N–H and O–H groups in total. The van der Waals surface area contributed by atoms with Gasteiger partial charge in [0.2, 0.25) is 0 Å². The van der Waals surface area contributed by atoms with Crippen LogP contribution in [0.15, 0.2) is 35.9 Å². The summed E-state index contributed by atoms with van der Waals surface area (Å²) in [6.45, 7) is 1.55. The van der Waals surface area contributed by atoms with E-state index in [1.165, 1.54) is 18.3 Å². The number of carbonyl (C=O) groups is 2. The van der Waals surface area contributed by atoms with Crippen molar-refractivity contribution >= 4 is 34.4 Å². The van der Waals surface area contributed by atoms with Crippen molar-refractivity contribution in [2.24, 2.45) is 0 Å². The molecule has 0 fully saturated rings. The van der Waals surface area contributed by atoms with Gasteiger partial charge in [-0.25, -0.2) is 18.6 Å². The number of rotatable bonds is 5. The molecule has 0 spiro atoms. The number of hydrogen-bond acceptors (Lipinski definition) is 5. The normalized spacial score (nSPS) is 12.3. The number of amides is 1. The van der Waals surface area contributed by atoms with Crippen LogP contribution in [-0.2, 0) is 22.4 Å². The number of thiazole rings is 1. The van der Waals surface area contributed by atoms with Crippen molar-refractivity contribution in [3.05, 3.63) is 74.7 Å². The van der Waals surface area contributed by atoms with Crippen LogP contribution in [0.2, 0.25) is 0 Å². The number of carbonyl (C=O) groups excluding carboxylic acids is 1. The van der Waals surface area contributed by atoms with Gasteiger partial charge in [0.15, 0.2) is 5.13 Å². The number of ether oxygens (including phenoxy) is 1. The molecule has 1 aromatic heterocycles. The quantitative estimate of drug-likeness (QED) is 0.388. The van der Waals surface area contributed by atoms with Crippen molar-refractivity contribution in [1.29, 1.82) is 0 Å². The van der Waals surface area contributed by atoms with Crippen LogP contribution in [0.25, 0.3) is 17.3 Å². The van der Waals surface area contributed by atoms with Gasteiger partial charge in [0, 0.05) is 39.8 Å². The second kappa shape index (κ2) is 10.2. The van der Waals surface area contributed by atoms with Gasteiger partial charge in [-0.1, -0.05) is 24.0 Å². The molecule has 178 valence electrons. The number of aryl methyl sites for hydroxylation is 1. The Balaban J connectivity index is 1.59. The topological polar surface area (TPSA) is 88.5 Å². The number of fused-ring (bicyclic) bond motifs is 3. The second-order valence-corrected chi connectivity index (χ2v) is 8.88. The van der Waals surface area contributed by atoms with E-state index in [-0.39, 0.29) is 11.1 Å². The maximum atomic E-state index is 14.4. The molecule has 35 heavy (non-hydrogen) atoms. The molecule has 3 aromatic rings. The number of nitrogens with one attached hydrogen (secondary N) is 1. The van der Waals surface area contributed by atoms with Crippen LogP contribution in [0.4, 0.5) is 13.9 Å². The van der Waals surface area contributed by atoms with Gasteiger partial charge in [0.05, 0.1) is 5.69 Å². The Hall–Kier alpha value is -3.87. The van der Waals surface area contributed by atoms with Gasteiger partial charge in [0.25, 0.3) is 5.91 Å². The van der Waals surface area contributed by atoms with Crippen LogP contribution in [-0.4, -0.2) is 35.7 Å². The summed E-state index contributed by atoms with van der Waals surface area (Å²) in [5.41, 5.74) is 2.68. The monoisotopic (exact) mass is 494 g/mol. The van der Waals surface area contributed by atoms with E-state index in [1.807, 2.05) is 18.2 Å². The van der Waals surface area contributed by atoms with Crippen LogP contribution < -0.4 is 5.32 Å². The lowest BCUT2D eigenvalue weighted by molar-refractivity contribution is -0.132. The van der Waals surface area contributed by atoms with Crippen molar-refractivity contribution in [2.75, 3.05) is 19.0 Å². The summed E-state index contributed by atoms with van der Waals surface area (Å²) in [5.74, 6) is 1.99. The number of nitrogens with zero attached hydrogens (tertiary/aromatic N) is 1. The number of hydrogen-bond donors (Lipinski definition) is 2. The summed E-state index contributed by atoms with van der Waals surface area (Å²) < 4.78 is 33.9. The summed E-state index contributed by atoms with van der Waals surface area (Å²) in [6.07, 6.45) is 2.39. The number of carboxylic acid groups (broad SMARTS) is 1. The average molecular weight is 495 g/mol. The minimum atomic E-state index is -1.30. The van der Waals surface area contributed by atoms with Gasteiger partial charge in [-0.2, -0.15) is 0 Å². The summed E-state index contributed by atoms with van der Waals surface area (Å²) in [4.78, 5) is 29.2. The minimum Gasteiger partial charge on any atom is -0.478 e. The molecule has 0 bridgehead atoms. The number of halogens is 2. The number of aromatic nitrogens is 1. The van der Waals surface area contributed by atoms with E-state index in [1.54, 1.807) is 7.11 Å². The maximum absolute atomic E-state index is 14.4. The lowest BCUT2D eigenvalue weighted by Gasteiger charge is -2.16. The molecule has 2 aromatic carbocycles. The molecule has 0 radical (unpaired) electrons. The number of anilines is 1. The number of carboxylic acids is 1. The molecule has 1 aliphatic carbocycles. The van der Waals surface area contributed by atoms with Gasteiger partial charge in [0.1, 0.15) is 18.2 Å². The smallest absolute Gasteiger partial charge is 0.331 e. The van der Waals surface area contributed by atoms with Crippen molar-refractivity contribution in [1.82, 2.24) is 4.98 Å². The highest BCUT2D eigenvalue weighted by atomic mass is 32.1. The Kier molecular flexibility index (Phi) is 7.05. The standard InChI is InChI=1S/C26H20F2N2O4S/c1-14(25(32)33)11-19-20(27)12-16(13-21(19)28)24(31)30-26-29-23-18-7-3-5-15(6-4-10-34-2)17(18)8-9-22(23)35-26/h3,5,7,11-13H,8-10H2,1-2H3,(H,32,33)(H,29,30,31). The summed E-state index contributed by atoms with van der Waals surface area (Å²) >= 11 is 1.31. The maximum Gasteiger partial charge on any atom is 0.331 e. The molecule has 6 nitrogen and oxygen atoms in total. The van der Waals surface area contributed by atoms with Gasteiger partial charge < -0.3 is 9.84 Å². The fraction of sp³-hybridized carbons (Fsp3) is 0.192. The molecular formula is C26H20F2N2O4S. The Morgan fingerprint density at radius 2 is 2.00 bits per heavy atom. The zero-order valence-electron chi connectivity index (χ0n) is 18.9. The van der Waals surface area contributed by atoms with E-state index in [9.17, 15) is 18.4 Å². The summed E-state index contributed by atoms with van der Waals surface area (Å²) in [7, 11) is 1.58. The first-order valence-corrected chi connectivity index (χ1v) is 11.4. The summed E-state index contributed by atoms with van der Waals surface area (Å²) in [5, 5.41) is 11.9. The Bertz CT molecular complexity index is 1410. The van der Waals surface area contributed by atoms with Crippen LogP contribution in [0, 0.1) is 23.5 Å². The van der Waals surface area contributed by atoms with Gasteiger partial charge >= 0.3 is 5.97 Å². The van der Waals surface area contributed by atoms with E-state index >= 15 is 0 Å². The van der Waals surface area contributed by atoms with Crippen molar-refractivity contribution in [3.8, 4) is 23.1 Å². The molecule has 4 rings (SSSR count). The third-order valence-electron chi connectivity index (χ3n) is 5.43. The number of benzene rings is 2. The average Bonchev–Trinajstić information content (AvgIpc) is 3.24. The Morgan fingerprint density at radius 3 is 2.69 bits per heavy atom. The van der Waals surface area contributed by atoms with E-state index in [2.05, 4.69) is 22.1 Å². The van der Waals surface area contributed by atoms with E-state index < -0.39 is 29.1 Å². The molecule has 1 aliphatic rings. The van der Waals surface area contributed by atoms with Crippen LogP contribution in [0.1, 0.15) is 38.8 Å².